The van der Waals surface area contributed by atoms with E-state index < -0.39 is 0 Å². The molecule has 2 aliphatic rings. The summed E-state index contributed by atoms with van der Waals surface area (Å²) in [5, 5.41) is 31.4. The average molecular weight is 859 g/mol. The van der Waals surface area contributed by atoms with Crippen molar-refractivity contribution in [3.63, 3.8) is 0 Å². The van der Waals surface area contributed by atoms with Crippen LogP contribution in [0.5, 0.6) is 0 Å². The standard InChI is InChI=1S/C18H15N5O3.C18H14N4O3.CH3I.H3NO/c24-17(21-11-2-1-6-19-9-11)10-3-4-13-12(8-10)15-14(23-26)5-7-20-18(25)16(15)22-13;23-14-5-7-20-18(25)16-15(14)12-8-10(3-4-13(12)22-16)17(24)21-11-2-1-6-19-9-11;2*1-2/h1-4,6,8-9,22,26H,5,7H2,(H,20,25)(H,21,24);1-4,6,8-9,22H,5,7H2,(H,20,25)(H,21,24);1H3;2H,1H2. The lowest BCUT2D eigenvalue weighted by Gasteiger charge is -2.06. The fraction of sp³-hybridized carbons (Fsp3) is 0.135. The van der Waals surface area contributed by atoms with Gasteiger partial charge in [-0.25, -0.2) is 5.90 Å². The number of Topliss-reactive ketones (excluding diaryl/α,β-unsaturated/α-hetero) is 1. The molecular weight excluding hydrogens is 823 g/mol. The number of alkyl halides is 1. The zero-order valence-electron chi connectivity index (χ0n) is 29.1. The first-order chi connectivity index (χ1) is 26.8. The van der Waals surface area contributed by atoms with Crippen molar-refractivity contribution in [3.05, 3.63) is 119 Å². The second-order valence-corrected chi connectivity index (χ2v) is 11.6. The van der Waals surface area contributed by atoms with Gasteiger partial charge in [0.25, 0.3) is 23.6 Å². The second kappa shape index (κ2) is 18.5. The number of nitrogens with one attached hydrogen (secondary N) is 6. The zero-order chi connectivity index (χ0) is 39.5. The van der Waals surface area contributed by atoms with Crippen molar-refractivity contribution in [2.24, 2.45) is 11.1 Å². The second-order valence-electron chi connectivity index (χ2n) is 11.6. The van der Waals surface area contributed by atoms with Gasteiger partial charge in [0.15, 0.2) is 5.78 Å². The quantitative estimate of drug-likeness (QED) is 0.0513. The van der Waals surface area contributed by atoms with E-state index in [4.69, 9.17) is 5.21 Å². The number of hydrogen-bond donors (Lipinski definition) is 9. The Labute approximate surface area is 326 Å². The summed E-state index contributed by atoms with van der Waals surface area (Å²) in [6, 6.07) is 17.0. The molecule has 6 aromatic rings. The van der Waals surface area contributed by atoms with Gasteiger partial charge < -0.3 is 41.6 Å². The van der Waals surface area contributed by atoms with Gasteiger partial charge in [0, 0.05) is 76.8 Å². The van der Waals surface area contributed by atoms with Gasteiger partial charge in [-0.3, -0.25) is 33.9 Å². The van der Waals surface area contributed by atoms with Crippen molar-refractivity contribution in [1.29, 1.82) is 0 Å². The number of aromatic amines is 2. The van der Waals surface area contributed by atoms with E-state index in [-0.39, 0.29) is 41.5 Å². The highest BCUT2D eigenvalue weighted by atomic mass is 127. The molecule has 55 heavy (non-hydrogen) atoms. The van der Waals surface area contributed by atoms with Crippen LogP contribution in [0.2, 0.25) is 0 Å². The van der Waals surface area contributed by atoms with Crippen LogP contribution in [0.3, 0.4) is 0 Å². The van der Waals surface area contributed by atoms with Crippen LogP contribution in [0.15, 0.2) is 90.6 Å². The van der Waals surface area contributed by atoms with Gasteiger partial charge in [-0.2, -0.15) is 0 Å². The third-order valence-corrected chi connectivity index (χ3v) is 8.39. The number of halogens is 1. The summed E-state index contributed by atoms with van der Waals surface area (Å²) in [6.45, 7) is 0.687. The molecule has 0 aliphatic carbocycles. The molecule has 0 atom stereocenters. The molecule has 0 bridgehead atoms. The number of anilines is 2. The van der Waals surface area contributed by atoms with Crippen LogP contribution in [0, 0.1) is 0 Å². The third-order valence-electron chi connectivity index (χ3n) is 8.39. The van der Waals surface area contributed by atoms with E-state index in [9.17, 15) is 29.2 Å². The minimum Gasteiger partial charge on any atom is -0.411 e. The van der Waals surface area contributed by atoms with Crippen LogP contribution in [0.1, 0.15) is 70.5 Å². The number of nitrogens with two attached hydrogens (primary N) is 1. The molecule has 0 saturated heterocycles. The first-order valence-electron chi connectivity index (χ1n) is 16.5. The molecule has 4 aromatic heterocycles. The molecule has 4 amide bonds. The maximum absolute atomic E-state index is 12.5. The van der Waals surface area contributed by atoms with Crippen molar-refractivity contribution in [3.8, 4) is 0 Å². The zero-order valence-corrected chi connectivity index (χ0v) is 31.3. The maximum Gasteiger partial charge on any atom is 0.268 e. The minimum absolute atomic E-state index is 0.121. The molecule has 0 radical (unpaired) electrons. The lowest BCUT2D eigenvalue weighted by Crippen LogP contribution is -2.23. The van der Waals surface area contributed by atoms with Gasteiger partial charge >= 0.3 is 0 Å². The Morgan fingerprint density at radius 3 is 1.67 bits per heavy atom. The van der Waals surface area contributed by atoms with Crippen LogP contribution < -0.4 is 27.2 Å². The number of fused-ring (bicyclic) bond motifs is 6. The molecule has 0 fully saturated rings. The smallest absolute Gasteiger partial charge is 0.268 e. The number of aromatic nitrogens is 4. The summed E-state index contributed by atoms with van der Waals surface area (Å²) >= 11 is 2.15. The summed E-state index contributed by atoms with van der Waals surface area (Å²) in [6.07, 6.45) is 6.98. The van der Waals surface area contributed by atoms with Gasteiger partial charge in [0.2, 0.25) is 0 Å². The van der Waals surface area contributed by atoms with E-state index >= 15 is 0 Å². The van der Waals surface area contributed by atoms with E-state index in [0.29, 0.717) is 86.4 Å². The van der Waals surface area contributed by atoms with Crippen LogP contribution in [0.4, 0.5) is 11.4 Å². The molecule has 18 heteroatoms. The van der Waals surface area contributed by atoms with Gasteiger partial charge in [0.05, 0.1) is 35.0 Å². The molecular formula is C37H35IN10O7. The molecule has 6 heterocycles. The Morgan fingerprint density at radius 1 is 0.727 bits per heavy atom. The third kappa shape index (κ3) is 8.83. The van der Waals surface area contributed by atoms with Crippen LogP contribution in [0.25, 0.3) is 21.8 Å². The highest BCUT2D eigenvalue weighted by Crippen LogP contribution is 2.28. The van der Waals surface area contributed by atoms with Crippen molar-refractivity contribution in [2.75, 3.05) is 28.7 Å². The minimum atomic E-state index is -0.310. The van der Waals surface area contributed by atoms with Gasteiger partial charge in [0.1, 0.15) is 11.4 Å². The number of rotatable bonds is 4. The molecule has 2 aliphatic heterocycles. The van der Waals surface area contributed by atoms with Crippen LogP contribution >= 0.6 is 22.6 Å². The summed E-state index contributed by atoms with van der Waals surface area (Å²) in [7, 11) is 0. The largest absolute Gasteiger partial charge is 0.411 e. The SMILES string of the molecule is CI.NO.O=C(Nc1cccnc1)c1ccc2[nH]c3c(c2c1)C(=NO)CCNC3=O.O=C(Nc1cccnc1)c1ccc2[nH]c3c(c2c1)C(=O)CCNC3=O. The normalized spacial score (nSPS) is 13.8. The van der Waals surface area contributed by atoms with Crippen molar-refractivity contribution in [1.82, 2.24) is 30.6 Å². The fourth-order valence-electron chi connectivity index (χ4n) is 5.99. The first kappa shape index (κ1) is 39.7. The Kier molecular flexibility index (Phi) is 13.3. The molecule has 0 unspecified atom stereocenters. The van der Waals surface area contributed by atoms with E-state index in [2.05, 4.69) is 74.8 Å². The molecule has 2 aromatic carbocycles. The van der Waals surface area contributed by atoms with Gasteiger partial charge in [-0.1, -0.05) is 27.7 Å². The maximum atomic E-state index is 12.5. The molecule has 8 rings (SSSR count). The fourth-order valence-corrected chi connectivity index (χ4v) is 5.99. The Morgan fingerprint density at radius 2 is 1.20 bits per heavy atom. The van der Waals surface area contributed by atoms with Gasteiger partial charge in [-0.05, 0) is 65.6 Å². The van der Waals surface area contributed by atoms with Crippen LogP contribution in [-0.2, 0) is 0 Å². The number of pyridine rings is 2. The van der Waals surface area contributed by atoms with E-state index in [1.54, 1.807) is 85.5 Å². The predicted molar refractivity (Wildman–Crippen MR) is 213 cm³/mol. The van der Waals surface area contributed by atoms with Crippen molar-refractivity contribution >= 4 is 90.9 Å². The van der Waals surface area contributed by atoms with Gasteiger partial charge in [-0.15, -0.1) is 0 Å². The van der Waals surface area contributed by atoms with E-state index in [1.165, 1.54) is 0 Å². The number of H-pyrrole nitrogens is 2. The van der Waals surface area contributed by atoms with E-state index in [1.807, 2.05) is 4.93 Å². The average Bonchev–Trinajstić information content (AvgIpc) is 3.71. The molecule has 0 saturated carbocycles. The number of amides is 4. The lowest BCUT2D eigenvalue weighted by molar-refractivity contribution is 0.0943. The number of ketones is 1. The predicted octanol–water partition coefficient (Wildman–Crippen LogP) is 4.64. The first-order valence-corrected chi connectivity index (χ1v) is 18.6. The Balaban J connectivity index is 0.000000194. The highest BCUT2D eigenvalue weighted by molar-refractivity contribution is 14.1. The molecule has 10 N–H and O–H groups in total. The highest BCUT2D eigenvalue weighted by Gasteiger charge is 2.27. The molecule has 0 spiro atoms. The Hall–Kier alpha value is -6.51. The monoisotopic (exact) mass is 858 g/mol. The summed E-state index contributed by atoms with van der Waals surface area (Å²) in [5.41, 5.74) is 5.17. The lowest BCUT2D eigenvalue weighted by atomic mass is 10.0. The topological polar surface area (TPSA) is 270 Å². The summed E-state index contributed by atoms with van der Waals surface area (Å²) in [4.78, 5) is 77.6. The molecule has 17 nitrogen and oxygen atoms in total. The molecule has 282 valence electrons. The number of benzene rings is 2. The number of oxime groups is 1. The van der Waals surface area contributed by atoms with Crippen LogP contribution in [-0.4, -0.2) is 83.5 Å². The number of nitrogens with zero attached hydrogens (tertiary/aromatic N) is 3. The number of hydrogen-bond acceptors (Lipinski definition) is 11. The number of carbonyl (C=O) groups excluding carboxylic acids is 5. The number of carbonyl (C=O) groups is 5. The summed E-state index contributed by atoms with van der Waals surface area (Å²) < 4.78 is 0. The van der Waals surface area contributed by atoms with E-state index in [0.717, 1.165) is 0 Å². The summed E-state index contributed by atoms with van der Waals surface area (Å²) in [5.74, 6) is 2.20. The Bertz CT molecular complexity index is 2400. The van der Waals surface area contributed by atoms with Crippen molar-refractivity contribution in [2.45, 2.75) is 12.8 Å². The van der Waals surface area contributed by atoms with Crippen molar-refractivity contribution < 1.29 is 34.4 Å².